The van der Waals surface area contributed by atoms with Gasteiger partial charge in [0, 0.05) is 22.2 Å². The summed E-state index contributed by atoms with van der Waals surface area (Å²) in [6.07, 6.45) is 4.04. The fourth-order valence-corrected chi connectivity index (χ4v) is 4.35. The third kappa shape index (κ3) is 1.88. The standard InChI is InChI=1S/C15H21BrN2/c1-9-12(8-11-4-6-15(9)18(11)2)10-3-5-14(17)13(16)7-10/h3,5,7,9,11-12,15H,4,6,8,17H2,1-2H3/t9-,11?,12-,15?/m0/s1. The number of hydrogen-bond donors (Lipinski definition) is 1. The van der Waals surface area contributed by atoms with E-state index in [0.29, 0.717) is 5.92 Å². The molecule has 2 N–H and O–H groups in total. The minimum absolute atomic E-state index is 0.690. The highest BCUT2D eigenvalue weighted by Gasteiger charge is 2.43. The van der Waals surface area contributed by atoms with E-state index in [2.05, 4.69) is 46.9 Å². The molecule has 0 amide bonds. The van der Waals surface area contributed by atoms with Crippen LogP contribution in [-0.2, 0) is 0 Å². The van der Waals surface area contributed by atoms with E-state index in [1.807, 2.05) is 6.07 Å². The Balaban J connectivity index is 1.90. The molecule has 2 heterocycles. The lowest BCUT2D eigenvalue weighted by Crippen LogP contribution is -2.44. The van der Waals surface area contributed by atoms with Crippen LogP contribution in [0.25, 0.3) is 0 Å². The first-order chi connectivity index (χ1) is 8.58. The van der Waals surface area contributed by atoms with Crippen molar-refractivity contribution in [2.45, 2.75) is 44.2 Å². The predicted molar refractivity (Wildman–Crippen MR) is 79.6 cm³/mol. The molecule has 2 saturated heterocycles. The molecule has 2 nitrogen and oxygen atoms in total. The Morgan fingerprint density at radius 1 is 1.33 bits per heavy atom. The lowest BCUT2D eigenvalue weighted by Gasteiger charge is -2.41. The van der Waals surface area contributed by atoms with Gasteiger partial charge in [-0.15, -0.1) is 0 Å². The average molecular weight is 309 g/mol. The van der Waals surface area contributed by atoms with E-state index in [1.54, 1.807) is 0 Å². The molecule has 4 atom stereocenters. The molecule has 3 heteroatoms. The van der Waals surface area contributed by atoms with Gasteiger partial charge in [0.2, 0.25) is 0 Å². The van der Waals surface area contributed by atoms with Gasteiger partial charge in [-0.25, -0.2) is 0 Å². The maximum atomic E-state index is 5.89. The van der Waals surface area contributed by atoms with E-state index in [1.165, 1.54) is 24.8 Å². The zero-order valence-corrected chi connectivity index (χ0v) is 12.7. The summed E-state index contributed by atoms with van der Waals surface area (Å²) >= 11 is 3.55. The first-order valence-corrected chi connectivity index (χ1v) is 7.64. The van der Waals surface area contributed by atoms with Crippen LogP contribution in [0.4, 0.5) is 5.69 Å². The molecule has 0 saturated carbocycles. The Labute approximate surface area is 118 Å². The van der Waals surface area contributed by atoms with Crippen molar-refractivity contribution in [1.82, 2.24) is 4.90 Å². The molecule has 0 radical (unpaired) electrons. The molecule has 0 aromatic heterocycles. The Morgan fingerprint density at radius 3 is 2.83 bits per heavy atom. The molecule has 0 spiro atoms. The minimum Gasteiger partial charge on any atom is -0.398 e. The third-order valence-electron chi connectivity index (χ3n) is 5.12. The van der Waals surface area contributed by atoms with E-state index in [4.69, 9.17) is 5.73 Å². The molecule has 1 aromatic rings. The molecule has 98 valence electrons. The van der Waals surface area contributed by atoms with Crippen LogP contribution in [0.15, 0.2) is 22.7 Å². The summed E-state index contributed by atoms with van der Waals surface area (Å²) in [5, 5.41) is 0. The van der Waals surface area contributed by atoms with Gasteiger partial charge in [0.1, 0.15) is 0 Å². The van der Waals surface area contributed by atoms with Crippen molar-refractivity contribution in [3.8, 4) is 0 Å². The number of rotatable bonds is 1. The number of nitrogens with two attached hydrogens (primary N) is 1. The highest BCUT2D eigenvalue weighted by Crippen LogP contribution is 2.46. The van der Waals surface area contributed by atoms with Gasteiger partial charge < -0.3 is 10.6 Å². The Hall–Kier alpha value is -0.540. The van der Waals surface area contributed by atoms with Crippen LogP contribution < -0.4 is 5.73 Å². The van der Waals surface area contributed by atoms with Gasteiger partial charge in [-0.1, -0.05) is 13.0 Å². The van der Waals surface area contributed by atoms with Gasteiger partial charge in [0.25, 0.3) is 0 Å². The van der Waals surface area contributed by atoms with Gasteiger partial charge in [-0.05, 0) is 71.8 Å². The molecular weight excluding hydrogens is 288 g/mol. The van der Waals surface area contributed by atoms with Crippen molar-refractivity contribution >= 4 is 21.6 Å². The summed E-state index contributed by atoms with van der Waals surface area (Å²) in [5.74, 6) is 1.43. The van der Waals surface area contributed by atoms with E-state index < -0.39 is 0 Å². The molecule has 2 aliphatic heterocycles. The average Bonchev–Trinajstić information content (AvgIpc) is 2.60. The monoisotopic (exact) mass is 308 g/mol. The van der Waals surface area contributed by atoms with Crippen molar-refractivity contribution < 1.29 is 0 Å². The van der Waals surface area contributed by atoms with Gasteiger partial charge >= 0.3 is 0 Å². The molecule has 2 bridgehead atoms. The second-order valence-corrected chi connectivity index (χ2v) is 6.80. The molecule has 0 aliphatic carbocycles. The number of hydrogen-bond acceptors (Lipinski definition) is 2. The van der Waals surface area contributed by atoms with E-state index >= 15 is 0 Å². The molecule has 18 heavy (non-hydrogen) atoms. The molecule has 1 aromatic carbocycles. The van der Waals surface area contributed by atoms with Crippen LogP contribution in [0.5, 0.6) is 0 Å². The first kappa shape index (κ1) is 12.5. The Bertz CT molecular complexity index is 460. The normalized spacial score (nSPS) is 35.9. The second-order valence-electron chi connectivity index (χ2n) is 5.95. The number of piperidine rings is 1. The summed E-state index contributed by atoms with van der Waals surface area (Å²) in [7, 11) is 2.30. The summed E-state index contributed by atoms with van der Waals surface area (Å²) in [4.78, 5) is 2.60. The molecule has 2 aliphatic rings. The largest absolute Gasteiger partial charge is 0.398 e. The second kappa shape index (κ2) is 4.53. The maximum Gasteiger partial charge on any atom is 0.0458 e. The van der Waals surface area contributed by atoms with Crippen LogP contribution in [0.2, 0.25) is 0 Å². The fourth-order valence-electron chi connectivity index (χ4n) is 3.95. The molecule has 2 fully saturated rings. The highest BCUT2D eigenvalue weighted by atomic mass is 79.9. The maximum absolute atomic E-state index is 5.89. The van der Waals surface area contributed by atoms with Gasteiger partial charge in [0.05, 0.1) is 0 Å². The summed E-state index contributed by atoms with van der Waals surface area (Å²) in [6, 6.07) is 8.03. The fraction of sp³-hybridized carbons (Fsp3) is 0.600. The number of nitrogen functional groups attached to an aromatic ring is 1. The van der Waals surface area contributed by atoms with Crippen LogP contribution in [0.1, 0.15) is 37.7 Å². The molecule has 3 rings (SSSR count). The van der Waals surface area contributed by atoms with Crippen LogP contribution in [-0.4, -0.2) is 24.0 Å². The smallest absolute Gasteiger partial charge is 0.0458 e. The first-order valence-electron chi connectivity index (χ1n) is 6.84. The lowest BCUT2D eigenvalue weighted by molar-refractivity contribution is 0.110. The summed E-state index contributed by atoms with van der Waals surface area (Å²) in [5.41, 5.74) is 8.17. The summed E-state index contributed by atoms with van der Waals surface area (Å²) in [6.45, 7) is 2.41. The quantitative estimate of drug-likeness (QED) is 0.803. The molecule has 2 unspecified atom stereocenters. The van der Waals surface area contributed by atoms with Crippen molar-refractivity contribution in [3.63, 3.8) is 0 Å². The lowest BCUT2D eigenvalue weighted by atomic mass is 9.77. The van der Waals surface area contributed by atoms with Crippen LogP contribution >= 0.6 is 15.9 Å². The number of benzene rings is 1. The molecular formula is C15H21BrN2. The van der Waals surface area contributed by atoms with Crippen molar-refractivity contribution in [3.05, 3.63) is 28.2 Å². The highest BCUT2D eigenvalue weighted by molar-refractivity contribution is 9.10. The Kier molecular flexibility index (Phi) is 3.15. The summed E-state index contributed by atoms with van der Waals surface area (Å²) < 4.78 is 1.04. The zero-order chi connectivity index (χ0) is 12.9. The van der Waals surface area contributed by atoms with Crippen molar-refractivity contribution in [1.29, 1.82) is 0 Å². The van der Waals surface area contributed by atoms with Gasteiger partial charge in [-0.2, -0.15) is 0 Å². The number of nitrogens with zero attached hydrogens (tertiary/aromatic N) is 1. The van der Waals surface area contributed by atoms with Gasteiger partial charge in [0.15, 0.2) is 0 Å². The number of anilines is 1. The van der Waals surface area contributed by atoms with Crippen LogP contribution in [0, 0.1) is 5.92 Å². The minimum atomic E-state index is 0.690. The number of halogens is 1. The topological polar surface area (TPSA) is 29.3 Å². The van der Waals surface area contributed by atoms with E-state index in [9.17, 15) is 0 Å². The van der Waals surface area contributed by atoms with E-state index in [-0.39, 0.29) is 0 Å². The SMILES string of the molecule is C[C@@H]1C2CCC(C[C@@H]1c1ccc(N)c(Br)c1)N2C. The van der Waals surface area contributed by atoms with Crippen molar-refractivity contribution in [2.75, 3.05) is 12.8 Å². The van der Waals surface area contributed by atoms with Crippen molar-refractivity contribution in [2.24, 2.45) is 5.92 Å². The van der Waals surface area contributed by atoms with Crippen LogP contribution in [0.3, 0.4) is 0 Å². The predicted octanol–water partition coefficient (Wildman–Crippen LogP) is 3.62. The zero-order valence-electron chi connectivity index (χ0n) is 11.1. The van der Waals surface area contributed by atoms with Gasteiger partial charge in [-0.3, -0.25) is 0 Å². The third-order valence-corrected chi connectivity index (χ3v) is 5.80. The van der Waals surface area contributed by atoms with E-state index in [0.717, 1.165) is 28.2 Å². The number of fused-ring (bicyclic) bond motifs is 2. The Morgan fingerprint density at radius 2 is 2.11 bits per heavy atom.